The maximum absolute atomic E-state index is 13.8. The zero-order valence-corrected chi connectivity index (χ0v) is 10.6. The number of aryl methyl sites for hydroxylation is 1. The fraction of sp³-hybridized carbons (Fsp3) is 0.182. The van der Waals surface area contributed by atoms with Crippen LogP contribution in [0.3, 0.4) is 0 Å². The Morgan fingerprint density at radius 3 is 2.71 bits per heavy atom. The number of halogens is 3. The van der Waals surface area contributed by atoms with Gasteiger partial charge in [-0.05, 0) is 40.0 Å². The largest absolute Gasteiger partial charge is 0.308 e. The highest BCUT2D eigenvalue weighted by atomic mass is 79.9. The minimum Gasteiger partial charge on any atom is -0.308 e. The van der Waals surface area contributed by atoms with Crippen LogP contribution in [0.4, 0.5) is 14.6 Å². The lowest BCUT2D eigenvalue weighted by atomic mass is 10.1. The maximum Gasteiger partial charge on any atom is 0.150 e. The average Bonchev–Trinajstić information content (AvgIpc) is 2.34. The molecule has 6 heteroatoms. The van der Waals surface area contributed by atoms with Gasteiger partial charge in [0.2, 0.25) is 0 Å². The number of benzene rings is 1. The Balaban J connectivity index is 2.87. The monoisotopic (exact) mass is 301 g/mol. The number of pyridine rings is 1. The van der Waals surface area contributed by atoms with E-state index in [9.17, 15) is 8.78 Å². The molecule has 0 aliphatic rings. The smallest absolute Gasteiger partial charge is 0.150 e. The second-order valence-electron chi connectivity index (χ2n) is 3.54. The van der Waals surface area contributed by atoms with E-state index >= 15 is 0 Å². The van der Waals surface area contributed by atoms with Gasteiger partial charge in [-0.1, -0.05) is 6.92 Å². The van der Waals surface area contributed by atoms with Gasteiger partial charge in [-0.2, -0.15) is 0 Å². The number of hydrogen-bond acceptors (Lipinski definition) is 3. The standard InChI is InChI=1S/C11H10BrF2N3/c1-2-5-3-6-9(14)7(12)4-8(13)10(6)16-11(5)17-15/h3-4H,2,15H2,1H3,(H,16,17). The first kappa shape index (κ1) is 12.2. The van der Waals surface area contributed by atoms with E-state index in [-0.39, 0.29) is 15.4 Å². The molecule has 3 nitrogen and oxygen atoms in total. The first-order valence-corrected chi connectivity index (χ1v) is 5.81. The predicted molar refractivity (Wildman–Crippen MR) is 66.5 cm³/mol. The molecular formula is C11H10BrF2N3. The highest BCUT2D eigenvalue weighted by Crippen LogP contribution is 2.29. The van der Waals surface area contributed by atoms with Crippen molar-refractivity contribution in [2.75, 3.05) is 5.43 Å². The van der Waals surface area contributed by atoms with Gasteiger partial charge in [0, 0.05) is 5.39 Å². The highest BCUT2D eigenvalue weighted by Gasteiger charge is 2.14. The van der Waals surface area contributed by atoms with Crippen LogP contribution in [0.1, 0.15) is 12.5 Å². The Morgan fingerprint density at radius 2 is 2.12 bits per heavy atom. The summed E-state index contributed by atoms with van der Waals surface area (Å²) < 4.78 is 27.6. The molecule has 0 atom stereocenters. The van der Waals surface area contributed by atoms with Gasteiger partial charge in [0.1, 0.15) is 17.2 Å². The number of anilines is 1. The molecule has 2 rings (SSSR count). The van der Waals surface area contributed by atoms with Crippen molar-refractivity contribution in [3.8, 4) is 0 Å². The van der Waals surface area contributed by atoms with Gasteiger partial charge < -0.3 is 5.43 Å². The lowest BCUT2D eigenvalue weighted by Crippen LogP contribution is -2.11. The van der Waals surface area contributed by atoms with E-state index in [1.807, 2.05) is 6.92 Å². The molecule has 0 radical (unpaired) electrons. The van der Waals surface area contributed by atoms with Crippen LogP contribution in [-0.2, 0) is 6.42 Å². The van der Waals surface area contributed by atoms with Crippen LogP contribution in [0.2, 0.25) is 0 Å². The molecular weight excluding hydrogens is 292 g/mol. The van der Waals surface area contributed by atoms with Crippen LogP contribution in [0, 0.1) is 11.6 Å². The topological polar surface area (TPSA) is 50.9 Å². The van der Waals surface area contributed by atoms with Crippen LogP contribution in [0.25, 0.3) is 10.9 Å². The molecule has 0 aliphatic carbocycles. The summed E-state index contributed by atoms with van der Waals surface area (Å²) in [5.74, 6) is 4.55. The molecule has 0 unspecified atom stereocenters. The second kappa shape index (κ2) is 4.54. The molecule has 0 aliphatic heterocycles. The Hall–Kier alpha value is -1.27. The maximum atomic E-state index is 13.8. The Morgan fingerprint density at radius 1 is 1.41 bits per heavy atom. The van der Waals surface area contributed by atoms with Crippen LogP contribution in [0.5, 0.6) is 0 Å². The second-order valence-corrected chi connectivity index (χ2v) is 4.40. The normalized spacial score (nSPS) is 10.9. The van der Waals surface area contributed by atoms with Gasteiger partial charge in [-0.25, -0.2) is 19.6 Å². The fourth-order valence-corrected chi connectivity index (χ4v) is 2.08. The summed E-state index contributed by atoms with van der Waals surface area (Å²) in [5, 5.41) is 0.146. The van der Waals surface area contributed by atoms with Crippen LogP contribution in [0.15, 0.2) is 16.6 Å². The number of rotatable bonds is 2. The number of nitrogens with one attached hydrogen (secondary N) is 1. The van der Waals surface area contributed by atoms with Crippen molar-refractivity contribution in [1.29, 1.82) is 0 Å². The van der Waals surface area contributed by atoms with Crippen molar-refractivity contribution in [3.63, 3.8) is 0 Å². The summed E-state index contributed by atoms with van der Waals surface area (Å²) in [4.78, 5) is 3.99. The third-order valence-electron chi connectivity index (χ3n) is 2.54. The van der Waals surface area contributed by atoms with Crippen LogP contribution in [-0.4, -0.2) is 4.98 Å². The molecule has 1 heterocycles. The molecule has 0 fully saturated rings. The van der Waals surface area contributed by atoms with E-state index in [1.165, 1.54) is 0 Å². The summed E-state index contributed by atoms with van der Waals surface area (Å²) in [6.07, 6.45) is 0.621. The molecule has 0 saturated carbocycles. The zero-order chi connectivity index (χ0) is 12.6. The SMILES string of the molecule is CCc1cc2c(F)c(Br)cc(F)c2nc1NN. The van der Waals surface area contributed by atoms with Crippen LogP contribution < -0.4 is 11.3 Å². The van der Waals surface area contributed by atoms with Crippen molar-refractivity contribution in [2.45, 2.75) is 13.3 Å². The van der Waals surface area contributed by atoms with E-state index < -0.39 is 11.6 Å². The van der Waals surface area contributed by atoms with E-state index in [4.69, 9.17) is 5.84 Å². The van der Waals surface area contributed by atoms with Gasteiger partial charge >= 0.3 is 0 Å². The van der Waals surface area contributed by atoms with E-state index in [2.05, 4.69) is 26.3 Å². The van der Waals surface area contributed by atoms with Crippen molar-refractivity contribution in [2.24, 2.45) is 5.84 Å². The average molecular weight is 302 g/mol. The third-order valence-corrected chi connectivity index (χ3v) is 3.12. The number of aromatic nitrogens is 1. The van der Waals surface area contributed by atoms with E-state index in [1.54, 1.807) is 6.07 Å². The summed E-state index contributed by atoms with van der Waals surface area (Å²) >= 11 is 2.97. The lowest BCUT2D eigenvalue weighted by Gasteiger charge is -2.10. The fourth-order valence-electron chi connectivity index (χ4n) is 1.67. The van der Waals surface area contributed by atoms with Crippen molar-refractivity contribution >= 4 is 32.7 Å². The Bertz CT molecular complexity index is 587. The minimum atomic E-state index is -0.590. The predicted octanol–water partition coefficient (Wildman–Crippen LogP) is 3.12. The summed E-state index contributed by atoms with van der Waals surface area (Å²) in [7, 11) is 0. The molecule has 0 spiro atoms. The number of hydrogen-bond donors (Lipinski definition) is 2. The Kier molecular flexibility index (Phi) is 3.26. The first-order valence-electron chi connectivity index (χ1n) is 5.02. The summed E-state index contributed by atoms with van der Waals surface area (Å²) in [6.45, 7) is 1.88. The molecule has 2 aromatic rings. The van der Waals surface area contributed by atoms with Gasteiger partial charge in [-0.3, -0.25) is 0 Å². The van der Waals surface area contributed by atoms with Crippen molar-refractivity contribution in [3.05, 3.63) is 33.8 Å². The van der Waals surface area contributed by atoms with Gasteiger partial charge in [0.25, 0.3) is 0 Å². The lowest BCUT2D eigenvalue weighted by molar-refractivity contribution is 0.609. The number of fused-ring (bicyclic) bond motifs is 1. The van der Waals surface area contributed by atoms with Crippen molar-refractivity contribution < 1.29 is 8.78 Å². The van der Waals surface area contributed by atoms with Gasteiger partial charge in [0.05, 0.1) is 4.47 Å². The zero-order valence-electron chi connectivity index (χ0n) is 9.02. The molecule has 3 N–H and O–H groups in total. The van der Waals surface area contributed by atoms with Gasteiger partial charge in [-0.15, -0.1) is 0 Å². The molecule has 0 bridgehead atoms. The summed E-state index contributed by atoms with van der Waals surface area (Å²) in [5.41, 5.74) is 3.09. The van der Waals surface area contributed by atoms with Crippen LogP contribution >= 0.6 is 15.9 Å². The molecule has 17 heavy (non-hydrogen) atoms. The first-order chi connectivity index (χ1) is 8.08. The van der Waals surface area contributed by atoms with Gasteiger partial charge in [0.15, 0.2) is 5.82 Å². The number of nitrogen functional groups attached to an aromatic ring is 1. The summed E-state index contributed by atoms with van der Waals surface area (Å²) in [6, 6.07) is 2.61. The minimum absolute atomic E-state index is 0.0316. The quantitative estimate of drug-likeness (QED) is 0.509. The Labute approximate surface area is 105 Å². The molecule has 0 amide bonds. The number of nitrogens with two attached hydrogens (primary N) is 1. The number of hydrazine groups is 1. The van der Waals surface area contributed by atoms with E-state index in [0.717, 1.165) is 11.6 Å². The molecule has 0 saturated heterocycles. The molecule has 1 aromatic heterocycles. The number of nitrogens with zero attached hydrogens (tertiary/aromatic N) is 1. The van der Waals surface area contributed by atoms with Crippen molar-refractivity contribution in [1.82, 2.24) is 4.98 Å². The molecule has 1 aromatic carbocycles. The highest BCUT2D eigenvalue weighted by molar-refractivity contribution is 9.10. The molecule has 90 valence electrons. The third kappa shape index (κ3) is 1.98. The van der Waals surface area contributed by atoms with E-state index in [0.29, 0.717) is 12.2 Å².